The molecule has 0 atom stereocenters. The number of hydrogen-bond acceptors (Lipinski definition) is 3. The zero-order chi connectivity index (χ0) is 96.4. The number of fused-ring (bicyclic) bond motifs is 13. The molecule has 0 radical (unpaired) electrons. The fourth-order valence-corrected chi connectivity index (χ4v) is 16.5. The highest BCUT2D eigenvalue weighted by Gasteiger charge is 2.46. The summed E-state index contributed by atoms with van der Waals surface area (Å²) in [5.41, 5.74) is 6.67. The summed E-state index contributed by atoms with van der Waals surface area (Å²) in [7, 11) is 0. The van der Waals surface area contributed by atoms with Gasteiger partial charge in [-0.3, -0.25) is 0 Å². The Morgan fingerprint density at radius 2 is 0.773 bits per heavy atom. The van der Waals surface area contributed by atoms with E-state index in [0.717, 1.165) is 38.5 Å². The highest BCUT2D eigenvalue weighted by molar-refractivity contribution is 7.00. The van der Waals surface area contributed by atoms with Crippen molar-refractivity contribution < 1.29 is 34.3 Å². The van der Waals surface area contributed by atoms with E-state index < -0.39 is 191 Å². The third-order valence-corrected chi connectivity index (χ3v) is 21.8. The lowest BCUT2D eigenvalue weighted by Crippen LogP contribution is -2.61. The second-order valence-electron chi connectivity index (χ2n) is 31.3. The summed E-state index contributed by atoms with van der Waals surface area (Å²) in [6, 6.07) is 40.6. The Labute approximate surface area is 678 Å². The summed E-state index contributed by atoms with van der Waals surface area (Å²) in [4.78, 5) is 3.85. The molecule has 110 heavy (non-hydrogen) atoms. The van der Waals surface area contributed by atoms with E-state index in [0.29, 0.717) is 61.4 Å². The summed E-state index contributed by atoms with van der Waals surface area (Å²) in [5, 5.41) is 13.5. The summed E-state index contributed by atoms with van der Waals surface area (Å²) in [6.07, 6.45) is 0. The van der Waals surface area contributed by atoms with Crippen LogP contribution in [0, 0.1) is 11.3 Å². The quantitative estimate of drug-likeness (QED) is 0.135. The lowest BCUT2D eigenvalue weighted by atomic mass is 9.33. The zero-order valence-electron chi connectivity index (χ0n) is 86.5. The molecule has 0 bridgehead atoms. The second-order valence-corrected chi connectivity index (χ2v) is 31.3. The van der Waals surface area contributed by atoms with Gasteiger partial charge in [0.25, 0.3) is 6.71 Å². The zero-order valence-corrected chi connectivity index (χ0v) is 61.5. The van der Waals surface area contributed by atoms with Crippen LogP contribution < -0.4 is 26.2 Å². The fourth-order valence-electron chi connectivity index (χ4n) is 16.5. The number of para-hydroxylation sites is 3. The maximum Gasteiger partial charge on any atom is 0.252 e. The van der Waals surface area contributed by atoms with E-state index in [1.54, 1.807) is 36.4 Å². The van der Waals surface area contributed by atoms with Crippen LogP contribution in [0.1, 0.15) is 119 Å². The van der Waals surface area contributed by atoms with Crippen molar-refractivity contribution in [3.8, 4) is 67.6 Å². The number of benzene rings is 15. The van der Waals surface area contributed by atoms with E-state index in [1.807, 2.05) is 94.7 Å². The second kappa shape index (κ2) is 25.0. The first-order valence-electron chi connectivity index (χ1n) is 49.0. The number of rotatable bonds is 9. The van der Waals surface area contributed by atoms with Gasteiger partial charge >= 0.3 is 0 Å². The third kappa shape index (κ3) is 10.4. The summed E-state index contributed by atoms with van der Waals surface area (Å²) >= 11 is 0. The molecular weight excluding hydrogens is 1330 g/mol. The van der Waals surface area contributed by atoms with Crippen LogP contribution in [-0.4, -0.2) is 20.4 Å². The van der Waals surface area contributed by atoms with Gasteiger partial charge in [-0.05, 0) is 192 Å². The van der Waals surface area contributed by atoms with Gasteiger partial charge in [0, 0.05) is 71.9 Å². The first-order chi connectivity index (χ1) is 63.8. The number of nitriles is 1. The SMILES string of the molecule is [2H]c1c([2H])c([2H])c(-c2ccc3c(c2)N(c2c(-c4ccccc4)cc(C(C)(C)C)cc2-c2ccccc2)c2cc(-n4c5c([2H])c([2H])c([2H])c([2H])c5c5c([2H])c([2H])c([2H])c([2H])c54)cc4c2B3c2ccc(-n3c5ccc(C(C)(C)C)cc5c5cc(C(C)(C)C)ccc53)cc2N4c2cccc(-n3c4c([2H])c([2H])c([2H])c([2H])c4c4c([2H])c(-c5c([2H])c([2H])c([2H])c([2H])c5[2H])c([2H])c([2H])c43)c2C#N)c([2H])c1[2H]. The van der Waals surface area contributed by atoms with Gasteiger partial charge in [-0.1, -0.05) is 280 Å². The Balaban J connectivity index is 1.02. The van der Waals surface area contributed by atoms with Crippen LogP contribution in [0.5, 0.6) is 0 Å². The Morgan fingerprint density at radius 1 is 0.309 bits per heavy atom. The van der Waals surface area contributed by atoms with E-state index in [9.17, 15) is 34.0 Å². The van der Waals surface area contributed by atoms with Crippen molar-refractivity contribution in [3.63, 3.8) is 0 Å². The molecule has 2 aliphatic rings. The van der Waals surface area contributed by atoms with E-state index in [1.165, 1.54) is 15.2 Å². The molecule has 0 saturated carbocycles. The van der Waals surface area contributed by atoms with Gasteiger partial charge in [-0.25, -0.2) is 0 Å². The number of hydrogen-bond donors (Lipinski definition) is 0. The number of anilines is 6. The first-order valence-corrected chi connectivity index (χ1v) is 36.5. The average molecular weight is 1440 g/mol. The van der Waals surface area contributed by atoms with E-state index >= 15 is 0 Å². The molecule has 0 spiro atoms. The Morgan fingerprint density at radius 3 is 1.33 bits per heavy atom. The molecule has 0 unspecified atom stereocenters. The van der Waals surface area contributed by atoms with Gasteiger partial charge < -0.3 is 23.5 Å². The van der Waals surface area contributed by atoms with Crippen LogP contribution in [0.4, 0.5) is 34.1 Å². The van der Waals surface area contributed by atoms with E-state index in [2.05, 4.69) is 121 Å². The highest BCUT2D eigenvalue weighted by atomic mass is 15.2. The van der Waals surface area contributed by atoms with E-state index in [-0.39, 0.29) is 83.1 Å². The molecule has 0 amide bonds. The molecule has 6 nitrogen and oxygen atoms in total. The lowest BCUT2D eigenvalue weighted by molar-refractivity contribution is 0.590. The van der Waals surface area contributed by atoms with Crippen LogP contribution in [0.15, 0.2) is 327 Å². The van der Waals surface area contributed by atoms with Gasteiger partial charge in [-0.2, -0.15) is 5.26 Å². The minimum Gasteiger partial charge on any atom is -0.310 e. The van der Waals surface area contributed by atoms with Crippen LogP contribution in [0.3, 0.4) is 0 Å². The molecule has 18 aromatic rings. The van der Waals surface area contributed by atoms with Crippen LogP contribution >= 0.6 is 0 Å². The van der Waals surface area contributed by atoms with Crippen molar-refractivity contribution in [2.24, 2.45) is 0 Å². The van der Waals surface area contributed by atoms with Gasteiger partial charge in [-0.15, -0.1) is 0 Å². The molecule has 0 aliphatic carbocycles. The van der Waals surface area contributed by atoms with Crippen molar-refractivity contribution in [1.29, 1.82) is 5.26 Å². The summed E-state index contributed by atoms with van der Waals surface area (Å²) in [5.74, 6) is 0. The van der Waals surface area contributed by atoms with Crippen LogP contribution in [0.2, 0.25) is 0 Å². The molecule has 0 N–H and O–H groups in total. The van der Waals surface area contributed by atoms with Crippen molar-refractivity contribution in [3.05, 3.63) is 349 Å². The average Bonchev–Trinajstić information content (AvgIpc) is 1.63. The molecule has 15 aromatic carbocycles. The van der Waals surface area contributed by atoms with Crippen molar-refractivity contribution >= 4 is 123 Å². The van der Waals surface area contributed by atoms with Crippen molar-refractivity contribution in [2.75, 3.05) is 9.80 Å². The molecular formula is C103H81BN6. The molecule has 2 aliphatic heterocycles. The Bertz CT molecular complexity index is 8200. The summed E-state index contributed by atoms with van der Waals surface area (Å²) in [6.45, 7) is 18.1. The maximum atomic E-state index is 13.0. The predicted molar refractivity (Wildman–Crippen MR) is 466 cm³/mol. The van der Waals surface area contributed by atoms with Crippen LogP contribution in [-0.2, 0) is 16.2 Å². The third-order valence-electron chi connectivity index (χ3n) is 21.8. The number of aromatic nitrogens is 3. The minimum absolute atomic E-state index is 0.00205. The highest BCUT2D eigenvalue weighted by Crippen LogP contribution is 2.54. The molecule has 0 saturated heterocycles. The van der Waals surface area contributed by atoms with Gasteiger partial charge in [0.2, 0.25) is 0 Å². The monoisotopic (exact) mass is 1440 g/mol. The predicted octanol–water partition coefficient (Wildman–Crippen LogP) is 25.5. The largest absolute Gasteiger partial charge is 0.310 e. The molecule has 5 heterocycles. The first kappa shape index (κ1) is 44.9. The van der Waals surface area contributed by atoms with Gasteiger partial charge in [0.15, 0.2) is 0 Å². The molecule has 3 aromatic heterocycles. The van der Waals surface area contributed by atoms with E-state index in [4.69, 9.17) is 5.48 Å². The molecule has 20 rings (SSSR count). The molecule has 7 heteroatoms. The smallest absolute Gasteiger partial charge is 0.252 e. The standard InChI is InChI=1S/C103H81BN6/c1-101(2,3)71-47-53-92-82(57-71)83-58-72(102(4,5)6)48-54-93(83)106(92)74-49-51-86-96(61-74)109(91-44-28-43-90(84(91)64-105)108-89-42-27-24-39-78(89)81-55-69(46-52-94(81)108)65-29-14-10-15-30-65)97-62-75(107-87-40-25-22-37-76(87)77-38-23-26-41-88(77)107)63-98-99(97)104(86)85-50-45-70(66-31-16-11-17-32-66)56-95(85)110(98)100-79(67-33-18-12-19-34-67)59-73(103(7,8)9)60-80(100)68-35-20-13-21-36-68/h10-63H,1-9H3/i10D,11D,14D,15D,16D,17D,22D,23D,24D,25D,26D,27D,29D,30D,31D,32D,37D,38D,39D,40D,41D,42D,46D,52D,55D. The lowest BCUT2D eigenvalue weighted by Gasteiger charge is -2.45. The normalized spacial score (nSPS) is 16.1. The van der Waals surface area contributed by atoms with Gasteiger partial charge in [0.1, 0.15) is 11.6 Å². The minimum atomic E-state index is -1.04. The fraction of sp³-hybridized carbons (Fsp3) is 0.117. The summed E-state index contributed by atoms with van der Waals surface area (Å²) < 4.78 is 243. The maximum absolute atomic E-state index is 13.0. The topological polar surface area (TPSA) is 45.1 Å². The number of nitrogens with zero attached hydrogens (tertiary/aromatic N) is 6. The van der Waals surface area contributed by atoms with Crippen molar-refractivity contribution in [1.82, 2.24) is 13.7 Å². The molecule has 0 fully saturated rings. The Kier molecular flexibility index (Phi) is 10.2. The van der Waals surface area contributed by atoms with Crippen molar-refractivity contribution in [2.45, 2.75) is 78.6 Å². The van der Waals surface area contributed by atoms with Gasteiger partial charge in [0.05, 0.1) is 90.1 Å². The molecule has 526 valence electrons. The Hall–Kier alpha value is -13.1. The van der Waals surface area contributed by atoms with Crippen LogP contribution in [0.25, 0.3) is 127 Å².